The zero-order valence-corrected chi connectivity index (χ0v) is 9.18. The van der Waals surface area contributed by atoms with Crippen LogP contribution in [-0.4, -0.2) is 37.6 Å². The van der Waals surface area contributed by atoms with Gasteiger partial charge in [-0.15, -0.1) is 0 Å². The molecule has 1 heterocycles. The summed E-state index contributed by atoms with van der Waals surface area (Å²) in [7, 11) is 0. The first kappa shape index (κ1) is 11.0. The molecule has 1 rings (SSSR count). The molecule has 0 aliphatic carbocycles. The van der Waals surface area contributed by atoms with Crippen LogP contribution in [0, 0.1) is 5.92 Å². The molecule has 2 heteroatoms. The lowest BCUT2D eigenvalue weighted by atomic mass is 9.93. The predicted molar refractivity (Wildman–Crippen MR) is 58.0 cm³/mol. The first-order chi connectivity index (χ1) is 6.36. The second kappa shape index (κ2) is 6.39. The van der Waals surface area contributed by atoms with E-state index in [-0.39, 0.29) is 0 Å². The zero-order valence-electron chi connectivity index (χ0n) is 9.18. The van der Waals surface area contributed by atoms with Crippen molar-refractivity contribution < 1.29 is 0 Å². The molecule has 0 atom stereocenters. The Labute approximate surface area is 82.7 Å². The van der Waals surface area contributed by atoms with E-state index in [4.69, 9.17) is 0 Å². The molecule has 0 saturated carbocycles. The lowest BCUT2D eigenvalue weighted by Crippen LogP contribution is -2.34. The Bertz CT molecular complexity index is 115. The van der Waals surface area contributed by atoms with Crippen molar-refractivity contribution >= 4 is 0 Å². The third-order valence-electron chi connectivity index (χ3n) is 3.13. The molecule has 1 aliphatic heterocycles. The third kappa shape index (κ3) is 4.10. The van der Waals surface area contributed by atoms with Crippen LogP contribution in [0.25, 0.3) is 0 Å². The van der Waals surface area contributed by atoms with Crippen molar-refractivity contribution in [1.82, 2.24) is 10.2 Å². The molecule has 1 N–H and O–H groups in total. The normalized spacial score (nSPS) is 20.8. The summed E-state index contributed by atoms with van der Waals surface area (Å²) in [5.74, 6) is 0.988. The van der Waals surface area contributed by atoms with Gasteiger partial charge in [0.05, 0.1) is 0 Å². The summed E-state index contributed by atoms with van der Waals surface area (Å²) in [6.07, 6.45) is 4.21. The van der Waals surface area contributed by atoms with Gasteiger partial charge in [-0.05, 0) is 57.9 Å². The molecule has 0 unspecified atom stereocenters. The van der Waals surface area contributed by atoms with Gasteiger partial charge in [-0.2, -0.15) is 0 Å². The van der Waals surface area contributed by atoms with E-state index in [0.29, 0.717) is 0 Å². The van der Waals surface area contributed by atoms with Gasteiger partial charge in [-0.3, -0.25) is 0 Å². The van der Waals surface area contributed by atoms with Gasteiger partial charge in [-0.25, -0.2) is 0 Å². The van der Waals surface area contributed by atoms with Crippen LogP contribution >= 0.6 is 0 Å². The molecule has 2 nitrogen and oxygen atoms in total. The average molecular weight is 184 g/mol. The van der Waals surface area contributed by atoms with Crippen molar-refractivity contribution in [3.8, 4) is 0 Å². The number of rotatable bonds is 5. The summed E-state index contributed by atoms with van der Waals surface area (Å²) < 4.78 is 0. The van der Waals surface area contributed by atoms with Crippen LogP contribution in [0.3, 0.4) is 0 Å². The minimum atomic E-state index is 0.988. The van der Waals surface area contributed by atoms with Crippen LogP contribution in [0.2, 0.25) is 0 Å². The van der Waals surface area contributed by atoms with Crippen LogP contribution in [0.5, 0.6) is 0 Å². The lowest BCUT2D eigenvalue weighted by molar-refractivity contribution is 0.186. The second-order valence-corrected chi connectivity index (χ2v) is 4.02. The number of hydrogen-bond donors (Lipinski definition) is 1. The highest BCUT2D eigenvalue weighted by atomic mass is 15.1. The molecular weight excluding hydrogens is 160 g/mol. The Morgan fingerprint density at radius 3 is 2.46 bits per heavy atom. The number of nitrogens with zero attached hydrogens (tertiary/aromatic N) is 1. The molecule has 13 heavy (non-hydrogen) atoms. The van der Waals surface area contributed by atoms with Gasteiger partial charge >= 0.3 is 0 Å². The largest absolute Gasteiger partial charge is 0.317 e. The fourth-order valence-corrected chi connectivity index (χ4v) is 2.07. The molecule has 0 radical (unpaired) electrons. The highest BCUT2D eigenvalue weighted by Gasteiger charge is 2.16. The van der Waals surface area contributed by atoms with Crippen molar-refractivity contribution in [2.75, 3.05) is 32.7 Å². The van der Waals surface area contributed by atoms with Crippen molar-refractivity contribution in [3.05, 3.63) is 0 Å². The Kier molecular flexibility index (Phi) is 5.40. The lowest BCUT2D eigenvalue weighted by Gasteiger charge is -2.31. The minimum Gasteiger partial charge on any atom is -0.317 e. The Morgan fingerprint density at radius 1 is 1.23 bits per heavy atom. The Morgan fingerprint density at radius 2 is 1.92 bits per heavy atom. The molecule has 1 saturated heterocycles. The van der Waals surface area contributed by atoms with Crippen molar-refractivity contribution in [3.63, 3.8) is 0 Å². The maximum Gasteiger partial charge on any atom is -0.00162 e. The quantitative estimate of drug-likeness (QED) is 0.654. The monoisotopic (exact) mass is 184 g/mol. The molecule has 0 aromatic carbocycles. The van der Waals surface area contributed by atoms with E-state index < -0.39 is 0 Å². The maximum atomic E-state index is 3.41. The summed E-state index contributed by atoms with van der Waals surface area (Å²) in [6.45, 7) is 10.7. The summed E-state index contributed by atoms with van der Waals surface area (Å²) >= 11 is 0. The Hall–Kier alpha value is -0.0800. The van der Waals surface area contributed by atoms with Crippen LogP contribution in [0.15, 0.2) is 0 Å². The van der Waals surface area contributed by atoms with E-state index in [9.17, 15) is 0 Å². The van der Waals surface area contributed by atoms with E-state index >= 15 is 0 Å². The zero-order chi connectivity index (χ0) is 9.52. The third-order valence-corrected chi connectivity index (χ3v) is 3.13. The molecule has 0 bridgehead atoms. The van der Waals surface area contributed by atoms with E-state index in [2.05, 4.69) is 24.1 Å². The van der Waals surface area contributed by atoms with E-state index in [1.54, 1.807) is 0 Å². The molecular formula is C11H24N2. The van der Waals surface area contributed by atoms with Gasteiger partial charge in [0.15, 0.2) is 0 Å². The molecule has 1 fully saturated rings. The number of likely N-dealkylation sites (tertiary alicyclic amines) is 1. The first-order valence-corrected chi connectivity index (χ1v) is 5.79. The SMILES string of the molecule is CCNCCC1CCN(CC)CC1. The molecule has 0 amide bonds. The van der Waals surface area contributed by atoms with Crippen molar-refractivity contribution in [2.24, 2.45) is 5.92 Å². The smallest absolute Gasteiger partial charge is 0.00162 e. The predicted octanol–water partition coefficient (Wildman–Crippen LogP) is 1.72. The van der Waals surface area contributed by atoms with E-state index in [1.165, 1.54) is 45.4 Å². The molecule has 1 aliphatic rings. The van der Waals surface area contributed by atoms with Crippen molar-refractivity contribution in [1.29, 1.82) is 0 Å². The topological polar surface area (TPSA) is 15.3 Å². The van der Waals surface area contributed by atoms with Gasteiger partial charge in [0.1, 0.15) is 0 Å². The van der Waals surface area contributed by atoms with Crippen LogP contribution in [0.4, 0.5) is 0 Å². The minimum absolute atomic E-state index is 0.988. The summed E-state index contributed by atoms with van der Waals surface area (Å²) in [5, 5.41) is 3.41. The second-order valence-electron chi connectivity index (χ2n) is 4.02. The van der Waals surface area contributed by atoms with Gasteiger partial charge in [0, 0.05) is 0 Å². The number of piperidine rings is 1. The van der Waals surface area contributed by atoms with Crippen LogP contribution in [0.1, 0.15) is 33.1 Å². The fraction of sp³-hybridized carbons (Fsp3) is 1.00. The number of hydrogen-bond acceptors (Lipinski definition) is 2. The van der Waals surface area contributed by atoms with E-state index in [1.807, 2.05) is 0 Å². The summed E-state index contributed by atoms with van der Waals surface area (Å²) in [6, 6.07) is 0. The van der Waals surface area contributed by atoms with Crippen LogP contribution < -0.4 is 5.32 Å². The van der Waals surface area contributed by atoms with Gasteiger partial charge in [-0.1, -0.05) is 13.8 Å². The first-order valence-electron chi connectivity index (χ1n) is 5.79. The van der Waals surface area contributed by atoms with Gasteiger partial charge < -0.3 is 10.2 Å². The standard InChI is InChI=1S/C11H24N2/c1-3-12-8-5-11-6-9-13(4-2)10-7-11/h11-12H,3-10H2,1-2H3. The highest BCUT2D eigenvalue weighted by Crippen LogP contribution is 2.19. The highest BCUT2D eigenvalue weighted by molar-refractivity contribution is 4.71. The van der Waals surface area contributed by atoms with E-state index in [0.717, 1.165) is 12.5 Å². The van der Waals surface area contributed by atoms with Gasteiger partial charge in [0.25, 0.3) is 0 Å². The number of nitrogens with one attached hydrogen (secondary N) is 1. The van der Waals surface area contributed by atoms with Crippen molar-refractivity contribution in [2.45, 2.75) is 33.1 Å². The summed E-state index contributed by atoms with van der Waals surface area (Å²) in [5.41, 5.74) is 0. The average Bonchev–Trinajstić information content (AvgIpc) is 2.19. The Balaban J connectivity index is 2.03. The molecule has 0 spiro atoms. The maximum absolute atomic E-state index is 3.41. The molecule has 78 valence electrons. The fourth-order valence-electron chi connectivity index (χ4n) is 2.07. The van der Waals surface area contributed by atoms with Gasteiger partial charge in [0.2, 0.25) is 0 Å². The summed E-state index contributed by atoms with van der Waals surface area (Å²) in [4.78, 5) is 2.56. The molecule has 0 aromatic rings. The molecule has 0 aromatic heterocycles. The van der Waals surface area contributed by atoms with Crippen LogP contribution in [-0.2, 0) is 0 Å².